The molecule has 1 rings (SSSR count). The minimum Gasteiger partial charge on any atom is -0.0891 e. The summed E-state index contributed by atoms with van der Waals surface area (Å²) in [6.45, 7) is 6.93. The molecule has 1 aliphatic rings. The second kappa shape index (κ2) is 3.25. The first-order valence-electron chi connectivity index (χ1n) is 4.25. The molecule has 1 aliphatic carbocycles. The predicted octanol–water partition coefficient (Wildman–Crippen LogP) is 3.45. The van der Waals surface area contributed by atoms with Gasteiger partial charge in [-0.3, -0.25) is 0 Å². The van der Waals surface area contributed by atoms with Crippen molar-refractivity contribution in [3.63, 3.8) is 0 Å². The van der Waals surface area contributed by atoms with E-state index in [2.05, 4.69) is 36.7 Å². The molecule has 1 heteroatoms. The van der Waals surface area contributed by atoms with Crippen molar-refractivity contribution in [3.8, 4) is 0 Å². The van der Waals surface area contributed by atoms with Crippen LogP contribution in [0.15, 0.2) is 0 Å². The smallest absolute Gasteiger partial charge is 0.0146 e. The first kappa shape index (κ1) is 8.58. The third-order valence-electron chi connectivity index (χ3n) is 2.80. The summed E-state index contributed by atoms with van der Waals surface area (Å²) in [5, 5.41) is 0. The Morgan fingerprint density at radius 2 is 1.60 bits per heavy atom. The van der Waals surface area contributed by atoms with Gasteiger partial charge in [0.25, 0.3) is 0 Å². The minimum absolute atomic E-state index is 0.738. The molecular weight excluding hydrogens is 188 g/mol. The molecule has 60 valence electrons. The van der Waals surface area contributed by atoms with Gasteiger partial charge in [-0.15, -0.1) is 0 Å². The lowest BCUT2D eigenvalue weighted by Gasteiger charge is -2.39. The fourth-order valence-corrected chi connectivity index (χ4v) is 2.06. The molecule has 0 spiro atoms. The molecule has 0 bridgehead atoms. The second-order valence-corrected chi connectivity index (χ2v) is 5.36. The van der Waals surface area contributed by atoms with Crippen molar-refractivity contribution in [2.75, 3.05) is 0 Å². The van der Waals surface area contributed by atoms with Crippen molar-refractivity contribution in [1.29, 1.82) is 0 Å². The van der Waals surface area contributed by atoms with Crippen molar-refractivity contribution in [2.45, 2.75) is 38.4 Å². The molecule has 0 radical (unpaired) electrons. The molecule has 0 amide bonds. The summed E-state index contributed by atoms with van der Waals surface area (Å²) in [4.78, 5) is 0.738. The number of rotatable bonds is 2. The molecule has 10 heavy (non-hydrogen) atoms. The normalized spacial score (nSPS) is 35.7. The highest BCUT2D eigenvalue weighted by Crippen LogP contribution is 2.42. The van der Waals surface area contributed by atoms with Crippen LogP contribution in [-0.2, 0) is 0 Å². The Bertz CT molecular complexity index is 89.3. The SMILES string of the molecule is CC(C)C1CC(C(C)Br)C1. The zero-order chi connectivity index (χ0) is 7.72. The monoisotopic (exact) mass is 204 g/mol. The van der Waals surface area contributed by atoms with Gasteiger partial charge in [0.1, 0.15) is 0 Å². The van der Waals surface area contributed by atoms with Crippen molar-refractivity contribution < 1.29 is 0 Å². The lowest BCUT2D eigenvalue weighted by atomic mass is 9.68. The lowest BCUT2D eigenvalue weighted by Crippen LogP contribution is -2.32. The maximum absolute atomic E-state index is 3.63. The second-order valence-electron chi connectivity index (χ2n) is 3.91. The third-order valence-corrected chi connectivity index (χ3v) is 3.55. The van der Waals surface area contributed by atoms with Gasteiger partial charge in [0.05, 0.1) is 0 Å². The number of alkyl halides is 1. The molecule has 0 aromatic carbocycles. The van der Waals surface area contributed by atoms with Gasteiger partial charge in [-0.2, -0.15) is 0 Å². The van der Waals surface area contributed by atoms with Crippen molar-refractivity contribution in [2.24, 2.45) is 17.8 Å². The van der Waals surface area contributed by atoms with Crippen molar-refractivity contribution in [3.05, 3.63) is 0 Å². The topological polar surface area (TPSA) is 0 Å². The zero-order valence-corrected chi connectivity index (χ0v) is 8.69. The maximum atomic E-state index is 3.63. The van der Waals surface area contributed by atoms with Gasteiger partial charge in [-0.25, -0.2) is 0 Å². The Kier molecular flexibility index (Phi) is 2.79. The lowest BCUT2D eigenvalue weighted by molar-refractivity contribution is 0.144. The maximum Gasteiger partial charge on any atom is 0.0146 e. The number of hydrogen-bond donors (Lipinski definition) is 0. The Morgan fingerprint density at radius 3 is 1.90 bits per heavy atom. The summed E-state index contributed by atoms with van der Waals surface area (Å²) < 4.78 is 0. The molecule has 0 aromatic heterocycles. The summed E-state index contributed by atoms with van der Waals surface area (Å²) in [6.07, 6.45) is 2.90. The summed E-state index contributed by atoms with van der Waals surface area (Å²) in [5.74, 6) is 2.89. The Labute approximate surface area is 72.5 Å². The first-order chi connectivity index (χ1) is 4.61. The fraction of sp³-hybridized carbons (Fsp3) is 1.00. The summed E-state index contributed by atoms with van der Waals surface area (Å²) in [6, 6.07) is 0. The van der Waals surface area contributed by atoms with Crippen LogP contribution in [0.25, 0.3) is 0 Å². The van der Waals surface area contributed by atoms with E-state index in [0.717, 1.165) is 22.6 Å². The van der Waals surface area contributed by atoms with E-state index in [4.69, 9.17) is 0 Å². The van der Waals surface area contributed by atoms with E-state index < -0.39 is 0 Å². The Balaban J connectivity index is 2.18. The molecule has 1 saturated carbocycles. The van der Waals surface area contributed by atoms with Crippen LogP contribution in [0.2, 0.25) is 0 Å². The molecular formula is C9H17Br. The standard InChI is InChI=1S/C9H17Br/c1-6(2)8-4-9(5-8)7(3)10/h6-9H,4-5H2,1-3H3. The van der Waals surface area contributed by atoms with Gasteiger partial charge in [0.2, 0.25) is 0 Å². The van der Waals surface area contributed by atoms with E-state index in [9.17, 15) is 0 Å². The number of hydrogen-bond acceptors (Lipinski definition) is 0. The molecule has 0 aliphatic heterocycles. The largest absolute Gasteiger partial charge is 0.0891 e. The van der Waals surface area contributed by atoms with Crippen LogP contribution < -0.4 is 0 Å². The molecule has 1 atom stereocenters. The highest BCUT2D eigenvalue weighted by molar-refractivity contribution is 9.09. The molecule has 0 nitrogen and oxygen atoms in total. The van der Waals surface area contributed by atoms with E-state index in [0.29, 0.717) is 0 Å². The van der Waals surface area contributed by atoms with E-state index in [1.807, 2.05) is 0 Å². The van der Waals surface area contributed by atoms with Crippen LogP contribution in [0.4, 0.5) is 0 Å². The Morgan fingerprint density at radius 1 is 1.10 bits per heavy atom. The van der Waals surface area contributed by atoms with Gasteiger partial charge in [-0.1, -0.05) is 36.7 Å². The van der Waals surface area contributed by atoms with Crippen LogP contribution in [0.1, 0.15) is 33.6 Å². The van der Waals surface area contributed by atoms with Crippen LogP contribution in [0, 0.1) is 17.8 Å². The van der Waals surface area contributed by atoms with Crippen LogP contribution in [0.5, 0.6) is 0 Å². The fourth-order valence-electron chi connectivity index (χ4n) is 1.63. The molecule has 0 aromatic rings. The van der Waals surface area contributed by atoms with Gasteiger partial charge >= 0.3 is 0 Å². The van der Waals surface area contributed by atoms with Crippen LogP contribution in [0.3, 0.4) is 0 Å². The first-order valence-corrected chi connectivity index (χ1v) is 5.17. The van der Waals surface area contributed by atoms with Crippen LogP contribution in [-0.4, -0.2) is 4.83 Å². The van der Waals surface area contributed by atoms with Crippen molar-refractivity contribution in [1.82, 2.24) is 0 Å². The summed E-state index contributed by atoms with van der Waals surface area (Å²) in [5.41, 5.74) is 0. The van der Waals surface area contributed by atoms with E-state index in [-0.39, 0.29) is 0 Å². The number of halogens is 1. The molecule has 1 fully saturated rings. The minimum atomic E-state index is 0.738. The summed E-state index contributed by atoms with van der Waals surface area (Å²) in [7, 11) is 0. The molecule has 0 heterocycles. The highest BCUT2D eigenvalue weighted by Gasteiger charge is 2.33. The van der Waals surface area contributed by atoms with Gasteiger partial charge in [0, 0.05) is 4.83 Å². The highest BCUT2D eigenvalue weighted by atomic mass is 79.9. The zero-order valence-electron chi connectivity index (χ0n) is 7.10. The molecule has 0 saturated heterocycles. The molecule has 0 N–H and O–H groups in total. The predicted molar refractivity (Wildman–Crippen MR) is 49.4 cm³/mol. The third kappa shape index (κ3) is 1.75. The van der Waals surface area contributed by atoms with Crippen molar-refractivity contribution >= 4 is 15.9 Å². The van der Waals surface area contributed by atoms with E-state index in [1.54, 1.807) is 0 Å². The van der Waals surface area contributed by atoms with Gasteiger partial charge in [-0.05, 0) is 30.6 Å². The van der Waals surface area contributed by atoms with Gasteiger partial charge < -0.3 is 0 Å². The average Bonchev–Trinajstić information content (AvgIpc) is 1.56. The average molecular weight is 205 g/mol. The quantitative estimate of drug-likeness (QED) is 0.605. The van der Waals surface area contributed by atoms with Crippen LogP contribution >= 0.6 is 15.9 Å². The molecule has 1 unspecified atom stereocenters. The summed E-state index contributed by atoms with van der Waals surface area (Å²) >= 11 is 3.63. The van der Waals surface area contributed by atoms with E-state index in [1.165, 1.54) is 12.8 Å². The van der Waals surface area contributed by atoms with Gasteiger partial charge in [0.15, 0.2) is 0 Å². The Hall–Kier alpha value is 0.480. The van der Waals surface area contributed by atoms with E-state index >= 15 is 0 Å².